The quantitative estimate of drug-likeness (QED) is 0.740. The Bertz CT molecular complexity index is 1000. The molecule has 0 aromatic heterocycles. The summed E-state index contributed by atoms with van der Waals surface area (Å²) < 4.78 is 5.39. The molecular weight excluding hydrogens is 386 g/mol. The molecule has 30 heavy (non-hydrogen) atoms. The minimum atomic E-state index is -0.948. The maximum Gasteiger partial charge on any atom is 0.263 e. The number of nitrogens with zero attached hydrogens (tertiary/aromatic N) is 4. The maximum atomic E-state index is 13.0. The molecule has 0 spiro atoms. The Hall–Kier alpha value is -3.75. The number of hydrogen-bond donors (Lipinski definition) is 1. The van der Waals surface area contributed by atoms with E-state index in [-0.39, 0.29) is 12.5 Å². The van der Waals surface area contributed by atoms with Gasteiger partial charge in [-0.05, 0) is 50.2 Å². The fourth-order valence-electron chi connectivity index (χ4n) is 3.45. The number of imide groups is 1. The Morgan fingerprint density at radius 3 is 2.43 bits per heavy atom. The summed E-state index contributed by atoms with van der Waals surface area (Å²) in [4.78, 5) is 39.2. The number of fused-ring (bicyclic) bond motifs is 1. The Kier molecular flexibility index (Phi) is 5.18. The lowest BCUT2D eigenvalue weighted by Gasteiger charge is -2.20. The number of aryl methyl sites for hydroxylation is 1. The van der Waals surface area contributed by atoms with Crippen molar-refractivity contribution in [2.45, 2.75) is 25.9 Å². The predicted molar refractivity (Wildman–Crippen MR) is 109 cm³/mol. The van der Waals surface area contributed by atoms with E-state index in [4.69, 9.17) is 4.74 Å². The van der Waals surface area contributed by atoms with Gasteiger partial charge in [0.2, 0.25) is 5.91 Å². The van der Waals surface area contributed by atoms with Gasteiger partial charge in [0, 0.05) is 5.69 Å². The van der Waals surface area contributed by atoms with Gasteiger partial charge in [0.05, 0.1) is 12.3 Å². The molecule has 9 heteroatoms. The Labute approximate surface area is 173 Å². The van der Waals surface area contributed by atoms with Crippen molar-refractivity contribution < 1.29 is 19.1 Å². The summed E-state index contributed by atoms with van der Waals surface area (Å²) in [6, 6.07) is 12.2. The summed E-state index contributed by atoms with van der Waals surface area (Å²) in [7, 11) is 0. The fraction of sp³-hybridized carbons (Fsp3) is 0.286. The number of carbonyl (C=O) groups excluding carboxylic acids is 3. The highest BCUT2D eigenvalue weighted by atomic mass is 16.5. The largest absolute Gasteiger partial charge is 0.494 e. The maximum absolute atomic E-state index is 13.0. The summed E-state index contributed by atoms with van der Waals surface area (Å²) in [5.41, 5.74) is 2.15. The van der Waals surface area contributed by atoms with E-state index in [1.54, 1.807) is 36.4 Å². The molecule has 2 atom stereocenters. The first-order valence-electron chi connectivity index (χ1n) is 9.62. The molecule has 3 amide bonds. The zero-order chi connectivity index (χ0) is 21.3. The second-order valence-corrected chi connectivity index (χ2v) is 7.05. The molecule has 0 aliphatic carbocycles. The van der Waals surface area contributed by atoms with Crippen molar-refractivity contribution >= 4 is 29.1 Å². The number of rotatable bonds is 6. The Balaban J connectivity index is 1.46. The standard InChI is InChI=1S/C21H21N5O4/c1-3-30-16-10-8-15(9-11-16)26-20(28)18-19(21(26)29)25(24-23-18)12-17(27)22-14-6-4-13(2)5-7-14/h4-11,18-19H,3,12H2,1-2H3,(H,22,27)/t18-,19+/m1/s1. The molecule has 0 unspecified atom stereocenters. The van der Waals surface area contributed by atoms with E-state index >= 15 is 0 Å². The highest BCUT2D eigenvalue weighted by Gasteiger charge is 2.55. The van der Waals surface area contributed by atoms with Crippen LogP contribution in [0.25, 0.3) is 0 Å². The fourth-order valence-corrected chi connectivity index (χ4v) is 3.45. The zero-order valence-electron chi connectivity index (χ0n) is 16.6. The molecule has 2 heterocycles. The topological polar surface area (TPSA) is 104 Å². The van der Waals surface area contributed by atoms with Crippen molar-refractivity contribution in [3.8, 4) is 5.75 Å². The third-order valence-corrected chi connectivity index (χ3v) is 4.90. The van der Waals surface area contributed by atoms with Crippen molar-refractivity contribution in [1.82, 2.24) is 5.01 Å². The zero-order valence-corrected chi connectivity index (χ0v) is 16.6. The number of hydrogen-bond acceptors (Lipinski definition) is 7. The number of benzene rings is 2. The summed E-state index contributed by atoms with van der Waals surface area (Å²) in [6.45, 7) is 4.16. The third kappa shape index (κ3) is 3.61. The number of anilines is 2. The van der Waals surface area contributed by atoms with Crippen LogP contribution in [0.1, 0.15) is 12.5 Å². The minimum Gasteiger partial charge on any atom is -0.494 e. The van der Waals surface area contributed by atoms with Crippen LogP contribution >= 0.6 is 0 Å². The van der Waals surface area contributed by atoms with E-state index in [9.17, 15) is 14.4 Å². The minimum absolute atomic E-state index is 0.186. The predicted octanol–water partition coefficient (Wildman–Crippen LogP) is 2.33. The van der Waals surface area contributed by atoms with Crippen LogP contribution in [0.4, 0.5) is 11.4 Å². The van der Waals surface area contributed by atoms with Gasteiger partial charge >= 0.3 is 0 Å². The number of ether oxygens (including phenoxy) is 1. The molecule has 0 bridgehead atoms. The van der Waals surface area contributed by atoms with E-state index < -0.39 is 23.9 Å². The van der Waals surface area contributed by atoms with Gasteiger partial charge in [-0.1, -0.05) is 22.9 Å². The molecule has 2 aromatic rings. The lowest BCUT2D eigenvalue weighted by molar-refractivity contribution is -0.123. The second-order valence-electron chi connectivity index (χ2n) is 7.05. The van der Waals surface area contributed by atoms with Crippen LogP contribution in [-0.2, 0) is 14.4 Å². The second kappa shape index (κ2) is 7.94. The average molecular weight is 407 g/mol. The van der Waals surface area contributed by atoms with Crippen molar-refractivity contribution in [3.05, 3.63) is 54.1 Å². The van der Waals surface area contributed by atoms with Gasteiger partial charge in [0.1, 0.15) is 12.3 Å². The van der Waals surface area contributed by atoms with E-state index in [0.29, 0.717) is 23.7 Å². The van der Waals surface area contributed by atoms with Crippen LogP contribution < -0.4 is 15.0 Å². The van der Waals surface area contributed by atoms with Gasteiger partial charge in [-0.2, -0.15) is 5.11 Å². The molecule has 0 saturated carbocycles. The van der Waals surface area contributed by atoms with Crippen LogP contribution in [0.3, 0.4) is 0 Å². The molecule has 2 aliphatic heterocycles. The number of nitrogens with one attached hydrogen (secondary N) is 1. The molecule has 1 fully saturated rings. The summed E-state index contributed by atoms with van der Waals surface area (Å²) in [5.74, 6) is -0.616. The highest BCUT2D eigenvalue weighted by Crippen LogP contribution is 2.32. The monoisotopic (exact) mass is 407 g/mol. The molecule has 9 nitrogen and oxygen atoms in total. The summed E-state index contributed by atoms with van der Waals surface area (Å²) in [5, 5.41) is 11.9. The smallest absolute Gasteiger partial charge is 0.263 e. The van der Waals surface area contributed by atoms with Crippen LogP contribution in [0.2, 0.25) is 0 Å². The first-order valence-corrected chi connectivity index (χ1v) is 9.62. The van der Waals surface area contributed by atoms with Crippen molar-refractivity contribution in [2.75, 3.05) is 23.4 Å². The summed E-state index contributed by atoms with van der Waals surface area (Å²) >= 11 is 0. The van der Waals surface area contributed by atoms with Gasteiger partial charge in [-0.3, -0.25) is 19.4 Å². The van der Waals surface area contributed by atoms with Crippen molar-refractivity contribution in [2.24, 2.45) is 10.3 Å². The van der Waals surface area contributed by atoms with Crippen LogP contribution in [-0.4, -0.2) is 48.0 Å². The SMILES string of the molecule is CCOc1ccc(N2C(=O)[C@@H]3[C@@H](N=NN3CC(=O)Nc3ccc(C)cc3)C2=O)cc1. The van der Waals surface area contributed by atoms with Gasteiger partial charge in [0.25, 0.3) is 11.8 Å². The Morgan fingerprint density at radius 1 is 1.07 bits per heavy atom. The molecule has 1 N–H and O–H groups in total. The lowest BCUT2D eigenvalue weighted by atomic mass is 10.1. The van der Waals surface area contributed by atoms with E-state index in [2.05, 4.69) is 15.7 Å². The molecule has 1 saturated heterocycles. The molecule has 4 rings (SSSR count). The van der Waals surface area contributed by atoms with E-state index in [1.165, 1.54) is 5.01 Å². The molecule has 2 aliphatic rings. The third-order valence-electron chi connectivity index (χ3n) is 4.90. The normalized spacial score (nSPS) is 19.9. The highest BCUT2D eigenvalue weighted by molar-refractivity contribution is 6.25. The average Bonchev–Trinajstić information content (AvgIpc) is 3.24. The van der Waals surface area contributed by atoms with Crippen molar-refractivity contribution in [3.63, 3.8) is 0 Å². The lowest BCUT2D eigenvalue weighted by Crippen LogP contribution is -2.43. The molecule has 154 valence electrons. The first-order chi connectivity index (χ1) is 14.5. The van der Waals surface area contributed by atoms with Gasteiger partial charge in [-0.15, -0.1) is 0 Å². The van der Waals surface area contributed by atoms with Gasteiger partial charge in [-0.25, -0.2) is 4.90 Å². The van der Waals surface area contributed by atoms with Crippen LogP contribution in [0.15, 0.2) is 58.9 Å². The number of amides is 3. The van der Waals surface area contributed by atoms with Gasteiger partial charge in [0.15, 0.2) is 12.1 Å². The Morgan fingerprint density at radius 2 is 1.77 bits per heavy atom. The van der Waals surface area contributed by atoms with Gasteiger partial charge < -0.3 is 10.1 Å². The van der Waals surface area contributed by atoms with Crippen molar-refractivity contribution in [1.29, 1.82) is 0 Å². The molecular formula is C21H21N5O4. The van der Waals surface area contributed by atoms with Crippen LogP contribution in [0.5, 0.6) is 5.75 Å². The molecule has 2 aromatic carbocycles. The molecule has 0 radical (unpaired) electrons. The number of carbonyl (C=O) groups is 3. The first kappa shape index (κ1) is 19.6. The summed E-state index contributed by atoms with van der Waals surface area (Å²) in [6.07, 6.45) is 0. The van der Waals surface area contributed by atoms with Crippen LogP contribution in [0, 0.1) is 6.92 Å². The van der Waals surface area contributed by atoms with E-state index in [1.807, 2.05) is 26.0 Å². The van der Waals surface area contributed by atoms with E-state index in [0.717, 1.165) is 10.5 Å².